The van der Waals surface area contributed by atoms with E-state index in [0.717, 1.165) is 32.4 Å². The van der Waals surface area contributed by atoms with E-state index < -0.39 is 0 Å². The number of anilines is 1. The highest BCUT2D eigenvalue weighted by Gasteiger charge is 2.11. The minimum absolute atomic E-state index is 0.0636. The fourth-order valence-electron chi connectivity index (χ4n) is 2.44. The molecule has 1 N–H and O–H groups in total. The van der Waals surface area contributed by atoms with Crippen LogP contribution in [0.25, 0.3) is 0 Å². The van der Waals surface area contributed by atoms with Crippen LogP contribution in [-0.4, -0.2) is 10.9 Å². The molecule has 0 aliphatic rings. The Bertz CT molecular complexity index is 972. The van der Waals surface area contributed by atoms with Gasteiger partial charge in [0.25, 0.3) is 0 Å². The lowest BCUT2D eigenvalue weighted by Crippen LogP contribution is -2.15. The molecule has 0 unspecified atom stereocenters. The summed E-state index contributed by atoms with van der Waals surface area (Å²) < 4.78 is 0.913. The molecule has 1 amide bonds. The van der Waals surface area contributed by atoms with Gasteiger partial charge in [-0.2, -0.15) is 0 Å². The quantitative estimate of drug-likeness (QED) is 0.445. The third-order valence-electron chi connectivity index (χ3n) is 3.91. The van der Waals surface area contributed by atoms with E-state index in [-0.39, 0.29) is 12.3 Å². The third-order valence-corrected chi connectivity index (χ3v) is 6.61. The van der Waals surface area contributed by atoms with E-state index in [0.29, 0.717) is 15.8 Å². The largest absolute Gasteiger partial charge is 0.325 e. The Labute approximate surface area is 177 Å². The van der Waals surface area contributed by atoms with Crippen LogP contribution in [-0.2, 0) is 17.0 Å². The van der Waals surface area contributed by atoms with Gasteiger partial charge in [-0.1, -0.05) is 53.2 Å². The zero-order valence-corrected chi connectivity index (χ0v) is 18.0. The van der Waals surface area contributed by atoms with E-state index in [2.05, 4.69) is 10.3 Å². The molecule has 0 aliphatic carbocycles. The lowest BCUT2D eigenvalue weighted by molar-refractivity contribution is -0.115. The number of amides is 1. The Morgan fingerprint density at radius 3 is 2.78 bits per heavy atom. The van der Waals surface area contributed by atoms with Gasteiger partial charge in [0.05, 0.1) is 12.1 Å². The fourth-order valence-corrected chi connectivity index (χ4v) is 4.85. The van der Waals surface area contributed by atoms with Crippen LogP contribution in [0.5, 0.6) is 0 Å². The molecule has 2 aromatic carbocycles. The monoisotopic (exact) mass is 436 g/mol. The summed E-state index contributed by atoms with van der Waals surface area (Å²) in [5.41, 5.74) is 4.79. The highest BCUT2D eigenvalue weighted by atomic mass is 35.5. The summed E-state index contributed by atoms with van der Waals surface area (Å²) in [5.74, 6) is 0.642. The van der Waals surface area contributed by atoms with Gasteiger partial charge in [-0.3, -0.25) is 4.79 Å². The summed E-state index contributed by atoms with van der Waals surface area (Å²) in [6, 6.07) is 11.5. The normalized spacial score (nSPS) is 10.8. The molecule has 3 rings (SSSR count). The molecule has 0 atom stereocenters. The number of hydrogen-bond donors (Lipinski definition) is 1. The number of nitrogens with zero attached hydrogens (tertiary/aromatic N) is 1. The van der Waals surface area contributed by atoms with Gasteiger partial charge in [-0.15, -0.1) is 11.3 Å². The molecule has 140 valence electrons. The molecule has 27 heavy (non-hydrogen) atoms. The number of carbonyl (C=O) groups excluding carboxylic acids is 1. The number of carbonyl (C=O) groups is 1. The van der Waals surface area contributed by atoms with Gasteiger partial charge < -0.3 is 5.32 Å². The van der Waals surface area contributed by atoms with Crippen LogP contribution in [0.1, 0.15) is 22.4 Å². The highest BCUT2D eigenvalue weighted by Crippen LogP contribution is 2.30. The van der Waals surface area contributed by atoms with E-state index in [4.69, 9.17) is 23.2 Å². The maximum Gasteiger partial charge on any atom is 0.230 e. The number of hydrogen-bond acceptors (Lipinski definition) is 4. The summed E-state index contributed by atoms with van der Waals surface area (Å²) >= 11 is 15.3. The Morgan fingerprint density at radius 2 is 2.00 bits per heavy atom. The van der Waals surface area contributed by atoms with E-state index in [1.165, 1.54) is 11.3 Å². The van der Waals surface area contributed by atoms with Crippen molar-refractivity contribution in [2.75, 3.05) is 5.32 Å². The van der Waals surface area contributed by atoms with Crippen molar-refractivity contribution in [1.82, 2.24) is 4.98 Å². The molecule has 0 spiro atoms. The molecule has 0 aliphatic heterocycles. The maximum absolute atomic E-state index is 12.3. The van der Waals surface area contributed by atoms with Gasteiger partial charge in [-0.25, -0.2) is 4.98 Å². The molecule has 0 saturated heterocycles. The third kappa shape index (κ3) is 5.72. The summed E-state index contributed by atoms with van der Waals surface area (Å²) in [6.45, 7) is 3.99. The van der Waals surface area contributed by atoms with Crippen molar-refractivity contribution in [2.45, 2.75) is 30.4 Å². The van der Waals surface area contributed by atoms with E-state index >= 15 is 0 Å². The van der Waals surface area contributed by atoms with Crippen molar-refractivity contribution in [1.29, 1.82) is 0 Å². The lowest BCUT2D eigenvalue weighted by atomic mass is 10.1. The zero-order valence-electron chi connectivity index (χ0n) is 14.9. The second kappa shape index (κ2) is 9.11. The van der Waals surface area contributed by atoms with Gasteiger partial charge in [0.15, 0.2) is 0 Å². The van der Waals surface area contributed by atoms with Gasteiger partial charge in [0, 0.05) is 26.9 Å². The summed E-state index contributed by atoms with van der Waals surface area (Å²) in [5, 5.41) is 6.17. The number of nitrogens with one attached hydrogen (secondary N) is 1. The smallest absolute Gasteiger partial charge is 0.230 e. The van der Waals surface area contributed by atoms with E-state index in [1.54, 1.807) is 17.8 Å². The lowest BCUT2D eigenvalue weighted by Gasteiger charge is -2.08. The molecular formula is C20H18Cl2N2OS2. The number of thioether (sulfide) groups is 1. The van der Waals surface area contributed by atoms with Crippen LogP contribution in [0, 0.1) is 13.8 Å². The van der Waals surface area contributed by atoms with Crippen LogP contribution in [0.3, 0.4) is 0 Å². The van der Waals surface area contributed by atoms with Crippen molar-refractivity contribution in [2.24, 2.45) is 0 Å². The minimum Gasteiger partial charge on any atom is -0.325 e. The minimum atomic E-state index is -0.0636. The van der Waals surface area contributed by atoms with Gasteiger partial charge in [0.2, 0.25) is 5.91 Å². The molecule has 0 bridgehead atoms. The summed E-state index contributed by atoms with van der Waals surface area (Å²) in [7, 11) is 0. The summed E-state index contributed by atoms with van der Waals surface area (Å²) in [4.78, 5) is 16.9. The van der Waals surface area contributed by atoms with Crippen molar-refractivity contribution >= 4 is 57.9 Å². The predicted molar refractivity (Wildman–Crippen MR) is 116 cm³/mol. The molecule has 1 aromatic heterocycles. The average molecular weight is 437 g/mol. The second-order valence-corrected chi connectivity index (χ2v) is 9.10. The number of rotatable bonds is 6. The Balaban J connectivity index is 1.57. The Kier molecular flexibility index (Phi) is 6.82. The highest BCUT2D eigenvalue weighted by molar-refractivity contribution is 8.00. The first-order valence-electron chi connectivity index (χ1n) is 8.29. The first kappa shape index (κ1) is 20.2. The Hall–Kier alpha value is -1.53. The van der Waals surface area contributed by atoms with Crippen molar-refractivity contribution < 1.29 is 4.79 Å². The Morgan fingerprint density at radius 1 is 1.19 bits per heavy atom. The maximum atomic E-state index is 12.3. The van der Waals surface area contributed by atoms with Gasteiger partial charge in [-0.05, 0) is 48.7 Å². The van der Waals surface area contributed by atoms with Crippen molar-refractivity contribution in [3.05, 3.63) is 74.2 Å². The predicted octanol–water partition coefficient (Wildman–Crippen LogP) is 6.54. The molecule has 3 aromatic rings. The number of benzene rings is 2. The SMILES string of the molecule is Cc1ccc(C)c(NC(=O)Cc2csc(SCc3ccc(Cl)cc3Cl)n2)c1. The van der Waals surface area contributed by atoms with Crippen LogP contribution >= 0.6 is 46.3 Å². The molecule has 0 fully saturated rings. The average Bonchev–Trinajstić information content (AvgIpc) is 3.04. The van der Waals surface area contributed by atoms with E-state index in [9.17, 15) is 4.79 Å². The molecule has 3 nitrogen and oxygen atoms in total. The standard InChI is InChI=1S/C20H18Cl2N2OS2/c1-12-3-4-13(2)18(7-12)24-19(25)9-16-11-27-20(23-16)26-10-14-5-6-15(21)8-17(14)22/h3-8,11H,9-10H2,1-2H3,(H,24,25). The molecule has 0 radical (unpaired) electrons. The first-order chi connectivity index (χ1) is 12.9. The van der Waals surface area contributed by atoms with Crippen LogP contribution in [0.15, 0.2) is 46.1 Å². The first-order valence-corrected chi connectivity index (χ1v) is 10.9. The van der Waals surface area contributed by atoms with E-state index in [1.807, 2.05) is 49.6 Å². The second-order valence-electron chi connectivity index (χ2n) is 6.17. The summed E-state index contributed by atoms with van der Waals surface area (Å²) in [6.07, 6.45) is 0.256. The topological polar surface area (TPSA) is 42.0 Å². The fraction of sp³-hybridized carbons (Fsp3) is 0.200. The van der Waals surface area contributed by atoms with Gasteiger partial charge >= 0.3 is 0 Å². The van der Waals surface area contributed by atoms with Crippen LogP contribution in [0.2, 0.25) is 10.0 Å². The zero-order chi connectivity index (χ0) is 19.4. The van der Waals surface area contributed by atoms with Crippen molar-refractivity contribution in [3.8, 4) is 0 Å². The molecule has 1 heterocycles. The number of aryl methyl sites for hydroxylation is 2. The number of halogens is 2. The molecule has 0 saturated carbocycles. The van der Waals surface area contributed by atoms with Crippen LogP contribution in [0.4, 0.5) is 5.69 Å². The van der Waals surface area contributed by atoms with Crippen molar-refractivity contribution in [3.63, 3.8) is 0 Å². The molecule has 7 heteroatoms. The van der Waals surface area contributed by atoms with Gasteiger partial charge in [0.1, 0.15) is 4.34 Å². The van der Waals surface area contributed by atoms with Crippen LogP contribution < -0.4 is 5.32 Å². The number of aromatic nitrogens is 1. The number of thiazole rings is 1. The molecular weight excluding hydrogens is 419 g/mol.